The van der Waals surface area contributed by atoms with Crippen molar-refractivity contribution in [2.45, 2.75) is 51.6 Å². The Morgan fingerprint density at radius 2 is 2.00 bits per heavy atom. The minimum atomic E-state index is -0.175. The molecule has 2 unspecified atom stereocenters. The van der Waals surface area contributed by atoms with Crippen LogP contribution in [-0.2, 0) is 6.42 Å². The van der Waals surface area contributed by atoms with E-state index in [0.29, 0.717) is 0 Å². The van der Waals surface area contributed by atoms with E-state index >= 15 is 0 Å². The van der Waals surface area contributed by atoms with Crippen molar-refractivity contribution in [3.05, 3.63) is 34.1 Å². The summed E-state index contributed by atoms with van der Waals surface area (Å²) >= 11 is 3.54. The van der Waals surface area contributed by atoms with Gasteiger partial charge in [-0.2, -0.15) is 0 Å². The van der Waals surface area contributed by atoms with Gasteiger partial charge in [-0.25, -0.2) is 4.39 Å². The van der Waals surface area contributed by atoms with E-state index in [9.17, 15) is 4.39 Å². The van der Waals surface area contributed by atoms with Crippen LogP contribution in [0.4, 0.5) is 4.39 Å². The van der Waals surface area contributed by atoms with Gasteiger partial charge in [0.1, 0.15) is 5.82 Å². The first-order valence-corrected chi connectivity index (χ1v) is 8.49. The molecule has 1 aromatic carbocycles. The fourth-order valence-electron chi connectivity index (χ4n) is 2.62. The maximum atomic E-state index is 13.5. The van der Waals surface area contributed by atoms with Crippen LogP contribution < -0.4 is 5.32 Å². The van der Waals surface area contributed by atoms with Crippen LogP contribution in [-0.4, -0.2) is 37.1 Å². The summed E-state index contributed by atoms with van der Waals surface area (Å²) in [6, 6.07) is 5.19. The molecule has 0 saturated heterocycles. The van der Waals surface area contributed by atoms with E-state index in [1.165, 1.54) is 6.07 Å². The van der Waals surface area contributed by atoms with E-state index in [1.54, 1.807) is 12.1 Å². The van der Waals surface area contributed by atoms with Gasteiger partial charge in [0.2, 0.25) is 0 Å². The normalized spacial score (nSPS) is 16.0. The number of halogens is 2. The molecule has 0 aliphatic rings. The van der Waals surface area contributed by atoms with Crippen molar-refractivity contribution in [3.63, 3.8) is 0 Å². The third kappa shape index (κ3) is 4.76. The van der Waals surface area contributed by atoms with Crippen molar-refractivity contribution in [1.82, 2.24) is 10.2 Å². The van der Waals surface area contributed by atoms with Gasteiger partial charge < -0.3 is 10.2 Å². The minimum absolute atomic E-state index is 0.0287. The first-order chi connectivity index (χ1) is 9.85. The van der Waals surface area contributed by atoms with E-state index in [2.05, 4.69) is 61.0 Å². The van der Waals surface area contributed by atoms with Crippen molar-refractivity contribution < 1.29 is 4.39 Å². The van der Waals surface area contributed by atoms with Gasteiger partial charge in [-0.05, 0) is 70.6 Å². The van der Waals surface area contributed by atoms with Crippen LogP contribution in [0.15, 0.2) is 22.7 Å². The lowest BCUT2D eigenvalue weighted by molar-refractivity contribution is 0.112. The van der Waals surface area contributed by atoms with Crippen molar-refractivity contribution in [1.29, 1.82) is 0 Å². The van der Waals surface area contributed by atoms with Crippen molar-refractivity contribution in [2.75, 3.05) is 20.6 Å². The SMILES string of the molecule is CCCNC(Cc1cc(F)ccc1Br)C(C)(CC)N(C)C. The molecule has 1 rings (SSSR count). The highest BCUT2D eigenvalue weighted by Gasteiger charge is 2.34. The Balaban J connectivity index is 3.05. The van der Waals surface area contributed by atoms with Crippen LogP contribution in [0.5, 0.6) is 0 Å². The molecule has 0 aromatic heterocycles. The van der Waals surface area contributed by atoms with E-state index in [0.717, 1.165) is 35.8 Å². The molecular weight excluding hydrogens is 331 g/mol. The average molecular weight is 359 g/mol. The maximum Gasteiger partial charge on any atom is 0.123 e. The first-order valence-electron chi connectivity index (χ1n) is 7.69. The van der Waals surface area contributed by atoms with Crippen LogP contribution in [0, 0.1) is 5.82 Å². The fraction of sp³-hybridized carbons (Fsp3) is 0.647. The molecule has 2 nitrogen and oxygen atoms in total. The number of benzene rings is 1. The zero-order valence-corrected chi connectivity index (χ0v) is 15.4. The second kappa shape index (κ2) is 8.25. The van der Waals surface area contributed by atoms with Gasteiger partial charge in [0.25, 0.3) is 0 Å². The number of nitrogens with one attached hydrogen (secondary N) is 1. The lowest BCUT2D eigenvalue weighted by Gasteiger charge is -2.43. The molecule has 0 radical (unpaired) electrons. The maximum absolute atomic E-state index is 13.5. The molecule has 120 valence electrons. The monoisotopic (exact) mass is 358 g/mol. The topological polar surface area (TPSA) is 15.3 Å². The van der Waals surface area contributed by atoms with E-state index in [1.807, 2.05) is 0 Å². The molecular formula is C17H28BrFN2. The third-order valence-corrected chi connectivity index (χ3v) is 5.33. The largest absolute Gasteiger partial charge is 0.312 e. The highest BCUT2D eigenvalue weighted by atomic mass is 79.9. The van der Waals surface area contributed by atoms with Crippen molar-refractivity contribution in [2.24, 2.45) is 0 Å². The lowest BCUT2D eigenvalue weighted by atomic mass is 9.84. The Kier molecular flexibility index (Phi) is 7.31. The summed E-state index contributed by atoms with van der Waals surface area (Å²) in [5.74, 6) is -0.175. The summed E-state index contributed by atoms with van der Waals surface area (Å²) in [4.78, 5) is 2.27. The van der Waals surface area contributed by atoms with Gasteiger partial charge in [-0.15, -0.1) is 0 Å². The smallest absolute Gasteiger partial charge is 0.123 e. The molecule has 1 aromatic rings. The van der Waals surface area contributed by atoms with Crippen LogP contribution in [0.1, 0.15) is 39.2 Å². The molecule has 0 bridgehead atoms. The van der Waals surface area contributed by atoms with Gasteiger partial charge in [0.15, 0.2) is 0 Å². The van der Waals surface area contributed by atoms with Crippen LogP contribution in [0.3, 0.4) is 0 Å². The lowest BCUT2D eigenvalue weighted by Crippen LogP contribution is -2.58. The van der Waals surface area contributed by atoms with Gasteiger partial charge >= 0.3 is 0 Å². The summed E-state index contributed by atoms with van der Waals surface area (Å²) < 4.78 is 14.5. The Bertz CT molecular complexity index is 450. The predicted molar refractivity (Wildman–Crippen MR) is 92.3 cm³/mol. The van der Waals surface area contributed by atoms with Crippen molar-refractivity contribution in [3.8, 4) is 0 Å². The van der Waals surface area contributed by atoms with Gasteiger partial charge in [0.05, 0.1) is 0 Å². The van der Waals surface area contributed by atoms with E-state index < -0.39 is 0 Å². The second-order valence-electron chi connectivity index (χ2n) is 6.05. The number of hydrogen-bond acceptors (Lipinski definition) is 2. The third-order valence-electron chi connectivity index (χ3n) is 4.56. The summed E-state index contributed by atoms with van der Waals surface area (Å²) in [6.07, 6.45) is 2.93. The number of nitrogens with zero attached hydrogens (tertiary/aromatic N) is 1. The first kappa shape index (κ1) is 18.6. The van der Waals surface area contributed by atoms with Gasteiger partial charge in [0, 0.05) is 16.1 Å². The van der Waals surface area contributed by atoms with Gasteiger partial charge in [-0.3, -0.25) is 0 Å². The molecule has 0 aliphatic carbocycles. The fourth-order valence-corrected chi connectivity index (χ4v) is 3.03. The second-order valence-corrected chi connectivity index (χ2v) is 6.91. The van der Waals surface area contributed by atoms with E-state index in [-0.39, 0.29) is 17.4 Å². The summed E-state index contributed by atoms with van der Waals surface area (Å²) in [5.41, 5.74) is 1.05. The summed E-state index contributed by atoms with van der Waals surface area (Å²) in [6.45, 7) is 7.62. The highest BCUT2D eigenvalue weighted by molar-refractivity contribution is 9.10. The molecule has 0 heterocycles. The summed E-state index contributed by atoms with van der Waals surface area (Å²) in [7, 11) is 4.23. The highest BCUT2D eigenvalue weighted by Crippen LogP contribution is 2.27. The van der Waals surface area contributed by atoms with Crippen LogP contribution >= 0.6 is 15.9 Å². The van der Waals surface area contributed by atoms with Crippen molar-refractivity contribution >= 4 is 15.9 Å². The number of likely N-dealkylation sites (N-methyl/N-ethyl adjacent to an activating group) is 1. The molecule has 0 saturated carbocycles. The number of hydrogen-bond donors (Lipinski definition) is 1. The summed E-state index contributed by atoms with van der Waals surface area (Å²) in [5, 5.41) is 3.65. The molecule has 0 amide bonds. The zero-order valence-electron chi connectivity index (χ0n) is 13.8. The Hall–Kier alpha value is -0.450. The molecule has 0 fully saturated rings. The minimum Gasteiger partial charge on any atom is -0.312 e. The van der Waals surface area contributed by atoms with Crippen LogP contribution in [0.2, 0.25) is 0 Å². The standard InChI is InChI=1S/C17H28BrFN2/c1-6-10-20-16(17(3,7-2)21(4)5)12-13-11-14(19)8-9-15(13)18/h8-9,11,16,20H,6-7,10,12H2,1-5H3. The number of rotatable bonds is 8. The Morgan fingerprint density at radius 3 is 2.52 bits per heavy atom. The Morgan fingerprint density at radius 1 is 1.33 bits per heavy atom. The molecule has 0 aliphatic heterocycles. The molecule has 1 N–H and O–H groups in total. The molecule has 0 spiro atoms. The molecule has 21 heavy (non-hydrogen) atoms. The zero-order chi connectivity index (χ0) is 16.0. The van der Waals surface area contributed by atoms with Gasteiger partial charge in [-0.1, -0.05) is 29.8 Å². The average Bonchev–Trinajstić information content (AvgIpc) is 2.45. The van der Waals surface area contributed by atoms with Crippen LogP contribution in [0.25, 0.3) is 0 Å². The quantitative estimate of drug-likeness (QED) is 0.747. The Labute approximate surface area is 137 Å². The molecule has 2 atom stereocenters. The predicted octanol–water partition coefficient (Wildman–Crippen LogP) is 4.23. The molecule has 4 heteroatoms. The van der Waals surface area contributed by atoms with E-state index in [4.69, 9.17) is 0 Å².